The van der Waals surface area contributed by atoms with E-state index in [-0.39, 0.29) is 6.04 Å². The van der Waals surface area contributed by atoms with Gasteiger partial charge in [0.1, 0.15) is 0 Å². The van der Waals surface area contributed by atoms with Crippen molar-refractivity contribution in [2.24, 2.45) is 12.9 Å². The summed E-state index contributed by atoms with van der Waals surface area (Å²) in [6.07, 6.45) is 2.39. The zero-order valence-electron chi connectivity index (χ0n) is 11.8. The van der Waals surface area contributed by atoms with Crippen molar-refractivity contribution >= 4 is 0 Å². The van der Waals surface area contributed by atoms with E-state index in [1.54, 1.807) is 25.1 Å². The first-order valence-corrected chi connectivity index (χ1v) is 6.21. The normalized spacial score (nSPS) is 12.2. The van der Waals surface area contributed by atoms with Crippen LogP contribution in [0.3, 0.4) is 0 Å². The predicted octanol–water partition coefficient (Wildman–Crippen LogP) is 0.579. The van der Waals surface area contributed by atoms with Crippen LogP contribution >= 0.6 is 0 Å². The first-order chi connectivity index (χ1) is 9.69. The van der Waals surface area contributed by atoms with Gasteiger partial charge in [0.25, 0.3) is 0 Å². The molecule has 1 atom stereocenters. The molecule has 0 amide bonds. The Morgan fingerprint density at radius 3 is 2.60 bits per heavy atom. The van der Waals surface area contributed by atoms with Crippen LogP contribution in [0.2, 0.25) is 0 Å². The van der Waals surface area contributed by atoms with Crippen molar-refractivity contribution in [1.29, 1.82) is 0 Å². The third-order valence-electron chi connectivity index (χ3n) is 3.20. The monoisotopic (exact) mass is 277 g/mol. The Balaban J connectivity index is 2.22. The topological polar surface area (TPSA) is 87.2 Å². The Kier molecular flexibility index (Phi) is 4.54. The van der Waals surface area contributed by atoms with Crippen LogP contribution in [0.1, 0.15) is 17.3 Å². The average Bonchev–Trinajstić information content (AvgIpc) is 2.90. The smallest absolute Gasteiger partial charge is 0.160 e. The molecule has 0 aliphatic carbocycles. The average molecular weight is 277 g/mol. The molecule has 1 unspecified atom stereocenters. The van der Waals surface area contributed by atoms with Crippen molar-refractivity contribution < 1.29 is 9.47 Å². The Morgan fingerprint density at radius 1 is 1.30 bits per heavy atom. The van der Waals surface area contributed by atoms with Gasteiger partial charge in [-0.25, -0.2) is 0 Å². The van der Waals surface area contributed by atoms with E-state index in [0.717, 1.165) is 11.3 Å². The molecule has 7 nitrogen and oxygen atoms in total. The minimum absolute atomic E-state index is 0.0758. The van der Waals surface area contributed by atoms with Gasteiger partial charge in [0.2, 0.25) is 0 Å². The summed E-state index contributed by atoms with van der Waals surface area (Å²) in [6.45, 7) is 0. The number of nitrogens with zero attached hydrogens (tertiary/aromatic N) is 3. The van der Waals surface area contributed by atoms with Crippen molar-refractivity contribution in [2.45, 2.75) is 12.5 Å². The SMILES string of the molecule is COc1ccc(CC(NN)c2cnnn2C)cc1OC. The third-order valence-corrected chi connectivity index (χ3v) is 3.20. The van der Waals surface area contributed by atoms with Crippen LogP contribution in [0, 0.1) is 0 Å². The van der Waals surface area contributed by atoms with Gasteiger partial charge in [-0.1, -0.05) is 11.3 Å². The van der Waals surface area contributed by atoms with E-state index in [0.29, 0.717) is 17.9 Å². The first kappa shape index (κ1) is 14.3. The molecule has 1 aromatic carbocycles. The van der Waals surface area contributed by atoms with Crippen LogP contribution in [0.4, 0.5) is 0 Å². The lowest BCUT2D eigenvalue weighted by Gasteiger charge is -2.16. The molecule has 1 heterocycles. The van der Waals surface area contributed by atoms with Crippen molar-refractivity contribution in [2.75, 3.05) is 14.2 Å². The van der Waals surface area contributed by atoms with E-state index in [1.807, 2.05) is 25.2 Å². The quantitative estimate of drug-likeness (QED) is 0.593. The highest BCUT2D eigenvalue weighted by atomic mass is 16.5. The van der Waals surface area contributed by atoms with Crippen LogP contribution in [0.25, 0.3) is 0 Å². The molecule has 7 heteroatoms. The molecule has 0 aliphatic heterocycles. The van der Waals surface area contributed by atoms with Gasteiger partial charge in [0, 0.05) is 7.05 Å². The number of nitrogens with two attached hydrogens (primary N) is 1. The number of hydrogen-bond donors (Lipinski definition) is 2. The van der Waals surface area contributed by atoms with Crippen molar-refractivity contribution in [1.82, 2.24) is 20.4 Å². The Bertz CT molecular complexity index is 570. The summed E-state index contributed by atoms with van der Waals surface area (Å²) in [4.78, 5) is 0. The highest BCUT2D eigenvalue weighted by Gasteiger charge is 2.16. The lowest BCUT2D eigenvalue weighted by Crippen LogP contribution is -2.31. The molecule has 0 aliphatic rings. The number of benzene rings is 1. The molecule has 1 aromatic heterocycles. The third kappa shape index (κ3) is 2.89. The molecule has 0 radical (unpaired) electrons. The fourth-order valence-electron chi connectivity index (χ4n) is 2.11. The molecular weight excluding hydrogens is 258 g/mol. The lowest BCUT2D eigenvalue weighted by atomic mass is 10.0. The van der Waals surface area contributed by atoms with Crippen LogP contribution < -0.4 is 20.7 Å². The van der Waals surface area contributed by atoms with Crippen LogP contribution in [0.15, 0.2) is 24.4 Å². The number of rotatable bonds is 6. The van der Waals surface area contributed by atoms with E-state index in [1.165, 1.54) is 0 Å². The molecule has 20 heavy (non-hydrogen) atoms. The second-order valence-corrected chi connectivity index (χ2v) is 4.40. The van der Waals surface area contributed by atoms with Gasteiger partial charge in [0.15, 0.2) is 11.5 Å². The van der Waals surface area contributed by atoms with E-state index < -0.39 is 0 Å². The summed E-state index contributed by atoms with van der Waals surface area (Å²) in [5.41, 5.74) is 4.78. The van der Waals surface area contributed by atoms with Crippen LogP contribution in [0.5, 0.6) is 11.5 Å². The maximum atomic E-state index is 5.63. The maximum absolute atomic E-state index is 5.63. The van der Waals surface area contributed by atoms with Crippen molar-refractivity contribution in [3.63, 3.8) is 0 Å². The summed E-state index contributed by atoms with van der Waals surface area (Å²) in [5.74, 6) is 7.03. The number of methoxy groups -OCH3 is 2. The highest BCUT2D eigenvalue weighted by molar-refractivity contribution is 5.43. The van der Waals surface area contributed by atoms with E-state index in [4.69, 9.17) is 15.3 Å². The number of hydrogen-bond acceptors (Lipinski definition) is 6. The standard InChI is InChI=1S/C13H19N5O2/c1-18-11(8-15-17-18)10(16-14)6-9-4-5-12(19-2)13(7-9)20-3/h4-5,7-8,10,16H,6,14H2,1-3H3. The minimum Gasteiger partial charge on any atom is -0.493 e. The lowest BCUT2D eigenvalue weighted by molar-refractivity contribution is 0.354. The zero-order valence-corrected chi connectivity index (χ0v) is 11.8. The summed E-state index contributed by atoms with van der Waals surface area (Å²) in [6, 6.07) is 5.72. The predicted molar refractivity (Wildman–Crippen MR) is 74.3 cm³/mol. The fourth-order valence-corrected chi connectivity index (χ4v) is 2.11. The van der Waals surface area contributed by atoms with Gasteiger partial charge in [0.05, 0.1) is 32.2 Å². The summed E-state index contributed by atoms with van der Waals surface area (Å²) >= 11 is 0. The first-order valence-electron chi connectivity index (χ1n) is 6.21. The molecule has 0 saturated carbocycles. The molecule has 2 rings (SSSR count). The number of hydrazine groups is 1. The van der Waals surface area contributed by atoms with E-state index >= 15 is 0 Å². The number of aryl methyl sites for hydroxylation is 1. The molecule has 0 spiro atoms. The van der Waals surface area contributed by atoms with Gasteiger partial charge in [-0.3, -0.25) is 16.0 Å². The minimum atomic E-state index is -0.0758. The van der Waals surface area contributed by atoms with Gasteiger partial charge < -0.3 is 9.47 Å². The van der Waals surface area contributed by atoms with Gasteiger partial charge >= 0.3 is 0 Å². The number of ether oxygens (including phenoxy) is 2. The van der Waals surface area contributed by atoms with Crippen molar-refractivity contribution in [3.05, 3.63) is 35.7 Å². The van der Waals surface area contributed by atoms with Gasteiger partial charge in [-0.15, -0.1) is 5.10 Å². The Hall–Kier alpha value is -2.12. The van der Waals surface area contributed by atoms with E-state index in [2.05, 4.69) is 15.7 Å². The van der Waals surface area contributed by atoms with Gasteiger partial charge in [-0.2, -0.15) is 0 Å². The Morgan fingerprint density at radius 2 is 2.05 bits per heavy atom. The van der Waals surface area contributed by atoms with Gasteiger partial charge in [-0.05, 0) is 24.1 Å². The van der Waals surface area contributed by atoms with E-state index in [9.17, 15) is 0 Å². The van der Waals surface area contributed by atoms with Crippen molar-refractivity contribution in [3.8, 4) is 11.5 Å². The second kappa shape index (κ2) is 6.36. The molecule has 0 fully saturated rings. The summed E-state index contributed by atoms with van der Waals surface area (Å²) in [5, 5.41) is 7.78. The highest BCUT2D eigenvalue weighted by Crippen LogP contribution is 2.29. The largest absolute Gasteiger partial charge is 0.493 e. The second-order valence-electron chi connectivity index (χ2n) is 4.40. The molecular formula is C13H19N5O2. The molecule has 0 bridgehead atoms. The molecule has 0 saturated heterocycles. The molecule has 3 N–H and O–H groups in total. The summed E-state index contributed by atoms with van der Waals surface area (Å²) in [7, 11) is 5.07. The van der Waals surface area contributed by atoms with Crippen LogP contribution in [-0.2, 0) is 13.5 Å². The fraction of sp³-hybridized carbons (Fsp3) is 0.385. The summed E-state index contributed by atoms with van der Waals surface area (Å²) < 4.78 is 12.2. The Labute approximate surface area is 117 Å². The number of aromatic nitrogens is 3. The number of nitrogens with one attached hydrogen (secondary N) is 1. The molecule has 108 valence electrons. The zero-order chi connectivity index (χ0) is 14.5. The molecule has 2 aromatic rings. The maximum Gasteiger partial charge on any atom is 0.160 e. The van der Waals surface area contributed by atoms with Crippen LogP contribution in [-0.4, -0.2) is 29.2 Å².